The Morgan fingerprint density at radius 1 is 1.43 bits per heavy atom. The van der Waals surface area contributed by atoms with Gasteiger partial charge in [-0.25, -0.2) is 4.79 Å². The van der Waals surface area contributed by atoms with Crippen molar-refractivity contribution >= 4 is 6.03 Å². The second-order valence-corrected chi connectivity index (χ2v) is 4.98. The first-order valence-electron chi connectivity index (χ1n) is 6.80. The lowest BCUT2D eigenvalue weighted by molar-refractivity contribution is 0.147. The van der Waals surface area contributed by atoms with E-state index in [4.69, 9.17) is 8.83 Å². The van der Waals surface area contributed by atoms with Crippen LogP contribution >= 0.6 is 0 Å². The molecule has 0 radical (unpaired) electrons. The number of carbonyl (C=O) groups excluding carboxylic acids is 1. The van der Waals surface area contributed by atoms with E-state index >= 15 is 0 Å². The minimum atomic E-state index is -0.862. The number of urea groups is 1. The molecule has 0 aromatic carbocycles. The fourth-order valence-corrected chi connectivity index (χ4v) is 2.18. The minimum absolute atomic E-state index is 0.0788. The summed E-state index contributed by atoms with van der Waals surface area (Å²) in [6, 6.07) is 4.71. The molecular weight excluding hydrogens is 272 g/mol. The Balaban J connectivity index is 1.83. The van der Waals surface area contributed by atoms with E-state index in [0.717, 1.165) is 17.1 Å². The Hall–Kier alpha value is -2.21. The number of hydrogen-bond acceptors (Lipinski definition) is 4. The van der Waals surface area contributed by atoms with E-state index < -0.39 is 6.10 Å². The number of carbonyl (C=O) groups is 1. The maximum atomic E-state index is 11.8. The third kappa shape index (κ3) is 3.88. The lowest BCUT2D eigenvalue weighted by atomic mass is 10.1. The molecule has 0 aliphatic heterocycles. The highest BCUT2D eigenvalue weighted by molar-refractivity contribution is 5.74. The summed E-state index contributed by atoms with van der Waals surface area (Å²) >= 11 is 0. The molecular formula is C15H20N2O4. The molecule has 2 rings (SSSR count). The summed E-state index contributed by atoms with van der Waals surface area (Å²) in [7, 11) is 0. The molecule has 21 heavy (non-hydrogen) atoms. The molecule has 2 aromatic rings. The van der Waals surface area contributed by atoms with Crippen molar-refractivity contribution in [1.29, 1.82) is 0 Å². The van der Waals surface area contributed by atoms with Gasteiger partial charge in [-0.15, -0.1) is 0 Å². The molecule has 2 heterocycles. The number of aliphatic hydroxyl groups excluding tert-OH is 1. The normalized spacial score (nSPS) is 13.7. The smallest absolute Gasteiger partial charge is 0.315 e. The maximum absolute atomic E-state index is 11.8. The summed E-state index contributed by atoms with van der Waals surface area (Å²) < 4.78 is 10.5. The van der Waals surface area contributed by atoms with Crippen LogP contribution in [0.1, 0.15) is 41.9 Å². The topological polar surface area (TPSA) is 87.6 Å². The lowest BCUT2D eigenvalue weighted by Crippen LogP contribution is -2.39. The largest absolute Gasteiger partial charge is 0.467 e. The van der Waals surface area contributed by atoms with Gasteiger partial charge in [0.15, 0.2) is 0 Å². The van der Waals surface area contributed by atoms with E-state index in [2.05, 4.69) is 10.6 Å². The predicted octanol–water partition coefficient (Wildman–Crippen LogP) is 2.58. The summed E-state index contributed by atoms with van der Waals surface area (Å²) in [6.45, 7) is 5.68. The maximum Gasteiger partial charge on any atom is 0.315 e. The van der Waals surface area contributed by atoms with Crippen molar-refractivity contribution < 1.29 is 18.7 Å². The monoisotopic (exact) mass is 292 g/mol. The van der Waals surface area contributed by atoms with E-state index in [1.165, 1.54) is 6.26 Å². The van der Waals surface area contributed by atoms with Gasteiger partial charge in [-0.2, -0.15) is 0 Å². The van der Waals surface area contributed by atoms with Crippen LogP contribution in [0, 0.1) is 13.8 Å². The van der Waals surface area contributed by atoms with Crippen molar-refractivity contribution in [2.45, 2.75) is 32.9 Å². The van der Waals surface area contributed by atoms with Crippen LogP contribution in [-0.2, 0) is 0 Å². The molecule has 2 unspecified atom stereocenters. The Kier molecular flexibility index (Phi) is 4.70. The number of furan rings is 2. The summed E-state index contributed by atoms with van der Waals surface area (Å²) in [5, 5.41) is 15.2. The van der Waals surface area contributed by atoms with Crippen molar-refractivity contribution in [1.82, 2.24) is 10.6 Å². The molecule has 0 bridgehead atoms. The van der Waals surface area contributed by atoms with Crippen LogP contribution in [0.15, 0.2) is 33.3 Å². The highest BCUT2D eigenvalue weighted by atomic mass is 16.4. The number of hydrogen-bond donors (Lipinski definition) is 3. The van der Waals surface area contributed by atoms with E-state index in [0.29, 0.717) is 5.76 Å². The van der Waals surface area contributed by atoms with Gasteiger partial charge in [0.05, 0.1) is 18.8 Å². The average molecular weight is 292 g/mol. The average Bonchev–Trinajstić information content (AvgIpc) is 3.05. The highest BCUT2D eigenvalue weighted by Gasteiger charge is 2.16. The molecule has 0 saturated carbocycles. The van der Waals surface area contributed by atoms with Crippen molar-refractivity contribution in [2.24, 2.45) is 0 Å². The van der Waals surface area contributed by atoms with Gasteiger partial charge in [0.25, 0.3) is 0 Å². The van der Waals surface area contributed by atoms with Crippen LogP contribution < -0.4 is 10.6 Å². The molecule has 3 N–H and O–H groups in total. The number of rotatable bonds is 5. The fraction of sp³-hybridized carbons (Fsp3) is 0.400. The molecule has 0 aliphatic rings. The van der Waals surface area contributed by atoms with Crippen LogP contribution in [0.3, 0.4) is 0 Å². The van der Waals surface area contributed by atoms with Gasteiger partial charge >= 0.3 is 6.03 Å². The molecule has 2 amide bonds. The molecule has 6 nitrogen and oxygen atoms in total. The van der Waals surface area contributed by atoms with Crippen molar-refractivity contribution in [3.05, 3.63) is 47.3 Å². The number of aliphatic hydroxyl groups is 1. The lowest BCUT2D eigenvalue weighted by Gasteiger charge is -2.15. The van der Waals surface area contributed by atoms with E-state index in [1.54, 1.807) is 12.1 Å². The molecule has 114 valence electrons. The van der Waals surface area contributed by atoms with Gasteiger partial charge in [0.2, 0.25) is 0 Å². The van der Waals surface area contributed by atoms with Crippen LogP contribution in [0.4, 0.5) is 4.79 Å². The molecule has 0 spiro atoms. The third-order valence-corrected chi connectivity index (χ3v) is 3.22. The summed E-state index contributed by atoms with van der Waals surface area (Å²) in [5.74, 6) is 2.02. The molecule has 0 aliphatic carbocycles. The van der Waals surface area contributed by atoms with Gasteiger partial charge in [-0.05, 0) is 39.0 Å². The predicted molar refractivity (Wildman–Crippen MR) is 76.8 cm³/mol. The second-order valence-electron chi connectivity index (χ2n) is 4.98. The first-order valence-corrected chi connectivity index (χ1v) is 6.80. The quantitative estimate of drug-likeness (QED) is 0.790. The highest BCUT2D eigenvalue weighted by Crippen LogP contribution is 2.21. The zero-order valence-electron chi connectivity index (χ0n) is 12.3. The summed E-state index contributed by atoms with van der Waals surface area (Å²) in [6.07, 6.45) is 0.615. The summed E-state index contributed by atoms with van der Waals surface area (Å²) in [5.41, 5.74) is 0.939. The number of aryl methyl sites for hydroxylation is 2. The van der Waals surface area contributed by atoms with Crippen LogP contribution in [0.2, 0.25) is 0 Å². The van der Waals surface area contributed by atoms with E-state index in [9.17, 15) is 9.90 Å². The molecule has 2 aromatic heterocycles. The number of nitrogens with one attached hydrogen (secondary N) is 2. The molecule has 6 heteroatoms. The standard InChI is InChI=1S/C15H20N2O4/c1-9-7-12(11(3)21-9)10(2)17-15(19)16-8-13(18)14-5-4-6-20-14/h4-7,10,13,18H,8H2,1-3H3,(H2,16,17,19). The minimum Gasteiger partial charge on any atom is -0.467 e. The van der Waals surface area contributed by atoms with Crippen molar-refractivity contribution in [3.63, 3.8) is 0 Å². The Morgan fingerprint density at radius 2 is 2.19 bits per heavy atom. The molecule has 2 atom stereocenters. The van der Waals surface area contributed by atoms with Crippen LogP contribution in [0.5, 0.6) is 0 Å². The Labute approximate surface area is 123 Å². The number of amides is 2. The van der Waals surface area contributed by atoms with E-state index in [-0.39, 0.29) is 18.6 Å². The Morgan fingerprint density at radius 3 is 2.76 bits per heavy atom. The van der Waals surface area contributed by atoms with Gasteiger partial charge < -0.3 is 24.6 Å². The third-order valence-electron chi connectivity index (χ3n) is 3.22. The molecule has 0 saturated heterocycles. The molecule has 0 fully saturated rings. The van der Waals surface area contributed by atoms with Crippen molar-refractivity contribution in [2.75, 3.05) is 6.54 Å². The van der Waals surface area contributed by atoms with Gasteiger partial charge in [-0.1, -0.05) is 0 Å². The van der Waals surface area contributed by atoms with Gasteiger partial charge in [-0.3, -0.25) is 0 Å². The Bertz CT molecular complexity index is 589. The zero-order chi connectivity index (χ0) is 15.4. The van der Waals surface area contributed by atoms with Gasteiger partial charge in [0.1, 0.15) is 23.4 Å². The van der Waals surface area contributed by atoms with Crippen LogP contribution in [-0.4, -0.2) is 17.7 Å². The van der Waals surface area contributed by atoms with Gasteiger partial charge in [0, 0.05) is 5.56 Å². The SMILES string of the molecule is Cc1cc(C(C)NC(=O)NCC(O)c2ccco2)c(C)o1. The first kappa shape index (κ1) is 15.2. The van der Waals surface area contributed by atoms with E-state index in [1.807, 2.05) is 26.8 Å². The van der Waals surface area contributed by atoms with Crippen molar-refractivity contribution in [3.8, 4) is 0 Å². The van der Waals surface area contributed by atoms with Crippen LogP contribution in [0.25, 0.3) is 0 Å². The fourth-order valence-electron chi connectivity index (χ4n) is 2.18. The zero-order valence-corrected chi connectivity index (χ0v) is 12.3. The second kappa shape index (κ2) is 6.49. The first-order chi connectivity index (χ1) is 9.97. The summed E-state index contributed by atoms with van der Waals surface area (Å²) in [4.78, 5) is 11.8.